The molecule has 59 heavy (non-hydrogen) atoms. The van der Waals surface area contributed by atoms with Crippen molar-refractivity contribution in [1.82, 2.24) is 29.4 Å². The van der Waals surface area contributed by atoms with E-state index in [2.05, 4.69) is 54.0 Å². The number of carbonyl (C=O) groups excluding carboxylic acids is 5. The molecular formula is C46H44ClN7O5. The van der Waals surface area contributed by atoms with E-state index in [1.807, 2.05) is 22.6 Å². The van der Waals surface area contributed by atoms with Gasteiger partial charge in [0.15, 0.2) is 0 Å². The van der Waals surface area contributed by atoms with Gasteiger partial charge in [-0.25, -0.2) is 0 Å². The third-order valence-electron chi connectivity index (χ3n) is 12.3. The molecule has 0 spiro atoms. The van der Waals surface area contributed by atoms with Gasteiger partial charge in [0, 0.05) is 62.3 Å². The van der Waals surface area contributed by atoms with E-state index < -0.39 is 23.8 Å². The number of rotatable bonds is 7. The number of aromatic nitrogens is 2. The highest BCUT2D eigenvalue weighted by molar-refractivity contribution is 6.32. The van der Waals surface area contributed by atoms with Crippen LogP contribution in [0.1, 0.15) is 91.9 Å². The topological polar surface area (TPSA) is 140 Å². The van der Waals surface area contributed by atoms with Gasteiger partial charge in [-0.3, -0.25) is 38.5 Å². The molecule has 4 aliphatic heterocycles. The van der Waals surface area contributed by atoms with Crippen molar-refractivity contribution < 1.29 is 24.0 Å². The van der Waals surface area contributed by atoms with Crippen molar-refractivity contribution in [2.24, 2.45) is 5.92 Å². The second-order valence-electron chi connectivity index (χ2n) is 15.9. The number of amides is 5. The molecule has 300 valence electrons. The highest BCUT2D eigenvalue weighted by atomic mass is 35.5. The van der Waals surface area contributed by atoms with Crippen LogP contribution in [0.25, 0.3) is 11.3 Å². The van der Waals surface area contributed by atoms with Crippen LogP contribution in [0, 0.1) is 42.9 Å². The normalized spacial score (nSPS) is 18.4. The molecule has 0 saturated carbocycles. The molecule has 0 N–H and O–H groups in total. The van der Waals surface area contributed by atoms with Crippen LogP contribution < -0.4 is 0 Å². The average molecular weight is 810 g/mol. The number of likely N-dealkylation sites (N-methyl/N-ethyl adjacent to an activating group) is 1. The molecule has 13 heteroatoms. The van der Waals surface area contributed by atoms with Crippen LogP contribution in [-0.2, 0) is 33.9 Å². The summed E-state index contributed by atoms with van der Waals surface area (Å²) in [5, 5.41) is 14.5. The molecule has 0 bridgehead atoms. The molecule has 5 heterocycles. The van der Waals surface area contributed by atoms with Crippen LogP contribution in [0.3, 0.4) is 0 Å². The van der Waals surface area contributed by atoms with E-state index in [1.54, 1.807) is 24.3 Å². The van der Waals surface area contributed by atoms with Crippen molar-refractivity contribution >= 4 is 41.1 Å². The minimum atomic E-state index is -0.997. The first kappa shape index (κ1) is 39.7. The number of benzene rings is 3. The van der Waals surface area contributed by atoms with Crippen LogP contribution in [0.2, 0.25) is 5.02 Å². The number of fused-ring (bicyclic) bond motifs is 2. The van der Waals surface area contributed by atoms with Gasteiger partial charge in [-0.1, -0.05) is 41.6 Å². The Hall–Kier alpha value is -6.08. The Morgan fingerprint density at radius 1 is 0.898 bits per heavy atom. The molecule has 4 aromatic rings. The van der Waals surface area contributed by atoms with Gasteiger partial charge in [-0.15, -0.1) is 0 Å². The third kappa shape index (κ3) is 7.78. The van der Waals surface area contributed by atoms with Crippen LogP contribution in [0.5, 0.6) is 0 Å². The molecule has 1 unspecified atom stereocenters. The van der Waals surface area contributed by atoms with Crippen molar-refractivity contribution in [2.75, 3.05) is 33.2 Å². The van der Waals surface area contributed by atoms with E-state index in [0.717, 1.165) is 80.5 Å². The summed E-state index contributed by atoms with van der Waals surface area (Å²) in [6.07, 6.45) is 3.06. The van der Waals surface area contributed by atoms with Crippen molar-refractivity contribution in [2.45, 2.75) is 71.5 Å². The molecule has 4 aliphatic rings. The van der Waals surface area contributed by atoms with Crippen LogP contribution in [0.4, 0.5) is 0 Å². The largest absolute Gasteiger partial charge is 0.338 e. The standard InChI is InChI=1S/C46H44ClN7O5/c1-28-29(2)53(49-43(28)34-10-11-35(25-48)39(47)24-34)26-32-8-6-30(7-9-32)4-5-31-14-18-51(19-15-31)20-17-42(56)52-21-16-33-22-37-38(23-36(33)27-52)45(58)54(44(37)57)40-12-13-41(55)50(3)46(40)59/h6-11,22-24,31,40H,12-21,26-27H2,1-3H3. The molecule has 0 aliphatic carbocycles. The number of likely N-dealkylation sites (tertiary alicyclic amines) is 2. The van der Waals surface area contributed by atoms with Gasteiger partial charge in [0.05, 0.1) is 34.0 Å². The predicted molar refractivity (Wildman–Crippen MR) is 220 cm³/mol. The first-order valence-electron chi connectivity index (χ1n) is 20.1. The Bertz CT molecular complexity index is 2520. The van der Waals surface area contributed by atoms with E-state index in [-0.39, 0.29) is 41.7 Å². The maximum atomic E-state index is 13.4. The first-order chi connectivity index (χ1) is 28.4. The van der Waals surface area contributed by atoms with Crippen molar-refractivity contribution in [3.63, 3.8) is 0 Å². The number of nitrogens with zero attached hydrogens (tertiary/aromatic N) is 7. The third-order valence-corrected chi connectivity index (χ3v) is 12.7. The summed E-state index contributed by atoms with van der Waals surface area (Å²) in [7, 11) is 1.37. The smallest absolute Gasteiger partial charge is 0.262 e. The number of hydrogen-bond acceptors (Lipinski definition) is 8. The molecule has 2 fully saturated rings. The monoisotopic (exact) mass is 809 g/mol. The van der Waals surface area contributed by atoms with Crippen LogP contribution in [-0.4, -0.2) is 98.2 Å². The van der Waals surface area contributed by atoms with Gasteiger partial charge in [-0.05, 0) is 111 Å². The summed E-state index contributed by atoms with van der Waals surface area (Å²) in [6.45, 7) is 8.03. The van der Waals surface area contributed by atoms with Crippen molar-refractivity contribution in [1.29, 1.82) is 5.26 Å². The quantitative estimate of drug-likeness (QED) is 0.176. The second-order valence-corrected chi connectivity index (χ2v) is 16.3. The highest BCUT2D eigenvalue weighted by Gasteiger charge is 2.46. The van der Waals surface area contributed by atoms with Gasteiger partial charge >= 0.3 is 0 Å². The first-order valence-corrected chi connectivity index (χ1v) is 20.5. The summed E-state index contributed by atoms with van der Waals surface area (Å²) in [6, 6.07) is 18.2. The molecule has 3 aromatic carbocycles. The molecular weight excluding hydrogens is 766 g/mol. The van der Waals surface area contributed by atoms with Gasteiger partial charge in [0.25, 0.3) is 17.7 Å². The zero-order valence-corrected chi connectivity index (χ0v) is 34.1. The van der Waals surface area contributed by atoms with E-state index in [9.17, 15) is 29.2 Å². The fraction of sp³-hybridized carbons (Fsp3) is 0.370. The Kier molecular flexibility index (Phi) is 11.0. The maximum absolute atomic E-state index is 13.4. The molecule has 8 rings (SSSR count). The number of carbonyl (C=O) groups is 5. The van der Waals surface area contributed by atoms with Gasteiger partial charge in [0.2, 0.25) is 11.8 Å². The lowest BCUT2D eigenvalue weighted by Crippen LogP contribution is -2.54. The van der Waals surface area contributed by atoms with E-state index >= 15 is 0 Å². The summed E-state index contributed by atoms with van der Waals surface area (Å²) in [5.41, 5.74) is 8.69. The SMILES string of the molecule is Cc1c(-c2ccc(C#N)c(Cl)c2)nn(Cc2ccc(C#CC3CCN(CCC(=O)N4CCc5cc6c(cc5C4)C(=O)N(C4CCC(=O)N(C)C4=O)C6=O)CC3)cc2)c1C. The Morgan fingerprint density at radius 3 is 2.31 bits per heavy atom. The summed E-state index contributed by atoms with van der Waals surface area (Å²) >= 11 is 6.30. The molecule has 5 amide bonds. The molecule has 0 radical (unpaired) electrons. The fourth-order valence-electron chi connectivity index (χ4n) is 8.53. The lowest BCUT2D eigenvalue weighted by molar-refractivity contribution is -0.149. The second kappa shape index (κ2) is 16.3. The van der Waals surface area contributed by atoms with Crippen LogP contribution >= 0.6 is 11.6 Å². The Labute approximate surface area is 348 Å². The number of imide groups is 2. The average Bonchev–Trinajstić information content (AvgIpc) is 3.66. The highest BCUT2D eigenvalue weighted by Crippen LogP contribution is 2.33. The summed E-state index contributed by atoms with van der Waals surface area (Å²) < 4.78 is 1.99. The predicted octanol–water partition coefficient (Wildman–Crippen LogP) is 5.52. The minimum Gasteiger partial charge on any atom is -0.338 e. The lowest BCUT2D eigenvalue weighted by Gasteiger charge is -2.32. The molecule has 12 nitrogen and oxygen atoms in total. The van der Waals surface area contributed by atoms with Crippen molar-refractivity contribution in [3.05, 3.63) is 110 Å². The zero-order valence-electron chi connectivity index (χ0n) is 33.4. The Morgan fingerprint density at radius 2 is 1.61 bits per heavy atom. The fourth-order valence-corrected chi connectivity index (χ4v) is 8.75. The zero-order chi connectivity index (χ0) is 41.5. The molecule has 1 atom stereocenters. The number of hydrogen-bond donors (Lipinski definition) is 0. The maximum Gasteiger partial charge on any atom is 0.262 e. The van der Waals surface area contributed by atoms with Gasteiger partial charge in [0.1, 0.15) is 12.1 Å². The van der Waals surface area contributed by atoms with E-state index in [0.29, 0.717) is 49.6 Å². The summed E-state index contributed by atoms with van der Waals surface area (Å²) in [5.74, 6) is 5.28. The summed E-state index contributed by atoms with van der Waals surface area (Å²) in [4.78, 5) is 71.1. The molecule has 2 saturated heterocycles. The van der Waals surface area contributed by atoms with E-state index in [1.165, 1.54) is 7.05 Å². The number of piperidine rings is 2. The Balaban J connectivity index is 0.805. The van der Waals surface area contributed by atoms with Gasteiger partial charge < -0.3 is 9.80 Å². The lowest BCUT2D eigenvalue weighted by atomic mass is 9.94. The number of nitriles is 1. The van der Waals surface area contributed by atoms with Crippen LogP contribution in [0.15, 0.2) is 54.6 Å². The minimum absolute atomic E-state index is 0.0561. The molecule has 1 aromatic heterocycles. The van der Waals surface area contributed by atoms with Crippen molar-refractivity contribution in [3.8, 4) is 29.2 Å². The van der Waals surface area contributed by atoms with Gasteiger partial charge in [-0.2, -0.15) is 10.4 Å². The number of halogens is 1. The van der Waals surface area contributed by atoms with E-state index in [4.69, 9.17) is 16.7 Å².